The Kier molecular flexibility index (Phi) is 2.09. The molecule has 0 saturated carbocycles. The Hall–Kier alpha value is -1.62. The van der Waals surface area contributed by atoms with E-state index in [2.05, 4.69) is 20.7 Å². The number of aromatic amines is 1. The Labute approximate surface area is 75.1 Å². The standard InChI is InChI=1S/C8H10N4O/c1-9-8(6-5-10-12-11-6)7-3-2-4-13-7/h2-5,8-9H,1H3,(H,10,11,12). The molecule has 5 heteroatoms. The van der Waals surface area contributed by atoms with Crippen LogP contribution < -0.4 is 5.32 Å². The topological polar surface area (TPSA) is 66.7 Å². The number of nitrogens with one attached hydrogen (secondary N) is 2. The Bertz CT molecular complexity index is 306. The van der Waals surface area contributed by atoms with Gasteiger partial charge >= 0.3 is 0 Å². The second-order valence-corrected chi connectivity index (χ2v) is 2.63. The molecule has 13 heavy (non-hydrogen) atoms. The van der Waals surface area contributed by atoms with E-state index in [1.165, 1.54) is 0 Å². The number of nitrogens with zero attached hydrogens (tertiary/aromatic N) is 2. The number of rotatable bonds is 3. The predicted molar refractivity (Wildman–Crippen MR) is 46.0 cm³/mol. The smallest absolute Gasteiger partial charge is 0.126 e. The van der Waals surface area contributed by atoms with E-state index < -0.39 is 0 Å². The highest BCUT2D eigenvalue weighted by molar-refractivity contribution is 5.16. The third kappa shape index (κ3) is 1.46. The lowest BCUT2D eigenvalue weighted by atomic mass is 10.2. The van der Waals surface area contributed by atoms with Gasteiger partial charge in [-0.05, 0) is 19.2 Å². The van der Waals surface area contributed by atoms with Crippen LogP contribution in [0, 0.1) is 0 Å². The summed E-state index contributed by atoms with van der Waals surface area (Å²) < 4.78 is 5.27. The third-order valence-electron chi connectivity index (χ3n) is 1.85. The van der Waals surface area contributed by atoms with Gasteiger partial charge in [0.1, 0.15) is 17.5 Å². The Morgan fingerprint density at radius 3 is 3.08 bits per heavy atom. The van der Waals surface area contributed by atoms with Crippen molar-refractivity contribution in [3.8, 4) is 0 Å². The van der Waals surface area contributed by atoms with Gasteiger partial charge in [-0.2, -0.15) is 15.4 Å². The van der Waals surface area contributed by atoms with Crippen molar-refractivity contribution in [2.75, 3.05) is 7.05 Å². The summed E-state index contributed by atoms with van der Waals surface area (Å²) in [4.78, 5) is 0. The minimum atomic E-state index is -0.0336. The van der Waals surface area contributed by atoms with E-state index in [0.717, 1.165) is 11.5 Å². The summed E-state index contributed by atoms with van der Waals surface area (Å²) >= 11 is 0. The summed E-state index contributed by atoms with van der Waals surface area (Å²) in [6.07, 6.45) is 3.31. The van der Waals surface area contributed by atoms with E-state index >= 15 is 0 Å². The molecule has 0 spiro atoms. The molecule has 0 aromatic carbocycles. The summed E-state index contributed by atoms with van der Waals surface area (Å²) in [6.45, 7) is 0. The molecule has 2 N–H and O–H groups in total. The molecule has 2 rings (SSSR count). The fourth-order valence-electron chi connectivity index (χ4n) is 1.24. The molecule has 2 aromatic heterocycles. The normalized spacial score (nSPS) is 13.0. The van der Waals surface area contributed by atoms with Crippen LogP contribution >= 0.6 is 0 Å². The molecule has 0 radical (unpaired) electrons. The predicted octanol–water partition coefficient (Wildman–Crippen LogP) is 0.706. The molecule has 0 aliphatic heterocycles. The van der Waals surface area contributed by atoms with Gasteiger partial charge in [0.15, 0.2) is 0 Å². The number of hydrogen-bond donors (Lipinski definition) is 2. The summed E-state index contributed by atoms with van der Waals surface area (Å²) in [5.41, 5.74) is 0.817. The molecule has 2 heterocycles. The highest BCUT2D eigenvalue weighted by Gasteiger charge is 2.16. The maximum Gasteiger partial charge on any atom is 0.126 e. The van der Waals surface area contributed by atoms with E-state index in [0.29, 0.717) is 0 Å². The van der Waals surface area contributed by atoms with Crippen LogP contribution in [0.15, 0.2) is 29.0 Å². The summed E-state index contributed by atoms with van der Waals surface area (Å²) in [5, 5.41) is 13.4. The van der Waals surface area contributed by atoms with Gasteiger partial charge in [-0.25, -0.2) is 0 Å². The van der Waals surface area contributed by atoms with Crippen LogP contribution in [-0.2, 0) is 0 Å². The molecule has 1 unspecified atom stereocenters. The van der Waals surface area contributed by atoms with Gasteiger partial charge in [0.2, 0.25) is 0 Å². The second-order valence-electron chi connectivity index (χ2n) is 2.63. The maximum atomic E-state index is 5.27. The summed E-state index contributed by atoms with van der Waals surface area (Å²) in [7, 11) is 1.85. The molecular weight excluding hydrogens is 168 g/mol. The Morgan fingerprint density at radius 2 is 2.54 bits per heavy atom. The van der Waals surface area contributed by atoms with E-state index in [-0.39, 0.29) is 6.04 Å². The zero-order valence-electron chi connectivity index (χ0n) is 7.19. The van der Waals surface area contributed by atoms with E-state index in [4.69, 9.17) is 4.42 Å². The number of H-pyrrole nitrogens is 1. The minimum absolute atomic E-state index is 0.0336. The molecule has 1 atom stereocenters. The maximum absolute atomic E-state index is 5.27. The molecule has 0 amide bonds. The van der Waals surface area contributed by atoms with E-state index in [1.807, 2.05) is 19.2 Å². The van der Waals surface area contributed by atoms with Gasteiger partial charge in [-0.1, -0.05) is 0 Å². The monoisotopic (exact) mass is 178 g/mol. The van der Waals surface area contributed by atoms with Crippen LogP contribution in [-0.4, -0.2) is 22.5 Å². The molecular formula is C8H10N4O. The molecule has 2 aromatic rings. The van der Waals surface area contributed by atoms with Crippen LogP contribution in [0.5, 0.6) is 0 Å². The van der Waals surface area contributed by atoms with Crippen molar-refractivity contribution in [3.05, 3.63) is 36.0 Å². The average Bonchev–Trinajstić information content (AvgIpc) is 2.76. The van der Waals surface area contributed by atoms with Gasteiger partial charge in [-0.3, -0.25) is 0 Å². The minimum Gasteiger partial charge on any atom is -0.467 e. The molecule has 68 valence electrons. The average molecular weight is 178 g/mol. The first kappa shape index (κ1) is 8.00. The Balaban J connectivity index is 2.29. The van der Waals surface area contributed by atoms with Crippen molar-refractivity contribution in [1.82, 2.24) is 20.7 Å². The van der Waals surface area contributed by atoms with Crippen LogP contribution in [0.2, 0.25) is 0 Å². The lowest BCUT2D eigenvalue weighted by Gasteiger charge is -2.08. The van der Waals surface area contributed by atoms with Gasteiger partial charge in [-0.15, -0.1) is 0 Å². The largest absolute Gasteiger partial charge is 0.467 e. The van der Waals surface area contributed by atoms with Crippen molar-refractivity contribution >= 4 is 0 Å². The summed E-state index contributed by atoms with van der Waals surface area (Å²) in [5.74, 6) is 0.830. The molecule has 0 aliphatic rings. The van der Waals surface area contributed by atoms with Gasteiger partial charge in [0.05, 0.1) is 12.5 Å². The van der Waals surface area contributed by atoms with E-state index in [1.54, 1.807) is 12.5 Å². The lowest BCUT2D eigenvalue weighted by molar-refractivity contribution is 0.458. The second kappa shape index (κ2) is 3.40. The molecule has 0 bridgehead atoms. The van der Waals surface area contributed by atoms with Crippen molar-refractivity contribution in [2.24, 2.45) is 0 Å². The molecule has 0 aliphatic carbocycles. The van der Waals surface area contributed by atoms with Crippen LogP contribution in [0.1, 0.15) is 17.5 Å². The quantitative estimate of drug-likeness (QED) is 0.726. The fraction of sp³-hybridized carbons (Fsp3) is 0.250. The van der Waals surface area contributed by atoms with Gasteiger partial charge in [0.25, 0.3) is 0 Å². The van der Waals surface area contributed by atoms with Crippen molar-refractivity contribution in [3.63, 3.8) is 0 Å². The van der Waals surface area contributed by atoms with Gasteiger partial charge in [0, 0.05) is 0 Å². The SMILES string of the molecule is CNC(c1cn[nH]n1)c1ccco1. The van der Waals surface area contributed by atoms with Crippen molar-refractivity contribution in [2.45, 2.75) is 6.04 Å². The first-order valence-corrected chi connectivity index (χ1v) is 3.98. The molecule has 0 saturated heterocycles. The fourth-order valence-corrected chi connectivity index (χ4v) is 1.24. The van der Waals surface area contributed by atoms with Crippen LogP contribution in [0.25, 0.3) is 0 Å². The highest BCUT2D eigenvalue weighted by atomic mass is 16.3. The van der Waals surface area contributed by atoms with E-state index in [9.17, 15) is 0 Å². The molecule has 5 nitrogen and oxygen atoms in total. The zero-order valence-corrected chi connectivity index (χ0v) is 7.19. The number of furan rings is 1. The Morgan fingerprint density at radius 1 is 1.62 bits per heavy atom. The van der Waals surface area contributed by atoms with Gasteiger partial charge < -0.3 is 9.73 Å². The van der Waals surface area contributed by atoms with Crippen molar-refractivity contribution in [1.29, 1.82) is 0 Å². The number of hydrogen-bond acceptors (Lipinski definition) is 4. The van der Waals surface area contributed by atoms with Crippen molar-refractivity contribution < 1.29 is 4.42 Å². The van der Waals surface area contributed by atoms with Crippen LogP contribution in [0.3, 0.4) is 0 Å². The third-order valence-corrected chi connectivity index (χ3v) is 1.85. The molecule has 0 fully saturated rings. The zero-order chi connectivity index (χ0) is 9.10. The highest BCUT2D eigenvalue weighted by Crippen LogP contribution is 2.18. The first-order chi connectivity index (χ1) is 6.42. The summed E-state index contributed by atoms with van der Waals surface area (Å²) in [6, 6.07) is 3.71. The van der Waals surface area contributed by atoms with Crippen LogP contribution in [0.4, 0.5) is 0 Å². The number of aromatic nitrogens is 3. The lowest BCUT2D eigenvalue weighted by Crippen LogP contribution is -2.17. The first-order valence-electron chi connectivity index (χ1n) is 3.98.